The highest BCUT2D eigenvalue weighted by Gasteiger charge is 2.17. The van der Waals surface area contributed by atoms with Gasteiger partial charge < -0.3 is 14.2 Å². The molecule has 0 heterocycles. The monoisotopic (exact) mass is 399 g/mol. The summed E-state index contributed by atoms with van der Waals surface area (Å²) in [5.41, 5.74) is 1.43. The van der Waals surface area contributed by atoms with Crippen molar-refractivity contribution in [1.82, 2.24) is 0 Å². The van der Waals surface area contributed by atoms with Crippen LogP contribution in [0.25, 0.3) is 0 Å². The smallest absolute Gasteiger partial charge is 0.262 e. The molecule has 0 radical (unpaired) electrons. The van der Waals surface area contributed by atoms with Gasteiger partial charge in [-0.15, -0.1) is 0 Å². The second kappa shape index (κ2) is 8.67. The van der Waals surface area contributed by atoms with Crippen LogP contribution < -0.4 is 18.9 Å². The Bertz CT molecular complexity index is 1040. The third-order valence-corrected chi connectivity index (χ3v) is 5.38. The molecule has 0 saturated heterocycles. The van der Waals surface area contributed by atoms with E-state index in [1.54, 1.807) is 30.3 Å². The number of ether oxygens (including phenoxy) is 3. The molecule has 28 heavy (non-hydrogen) atoms. The summed E-state index contributed by atoms with van der Waals surface area (Å²) in [6.45, 7) is 0.396. The number of benzene rings is 3. The molecule has 3 aromatic carbocycles. The van der Waals surface area contributed by atoms with Gasteiger partial charge in [0.25, 0.3) is 10.0 Å². The summed E-state index contributed by atoms with van der Waals surface area (Å²) < 4.78 is 44.1. The van der Waals surface area contributed by atoms with Crippen molar-refractivity contribution in [3.8, 4) is 17.2 Å². The first-order chi connectivity index (χ1) is 13.5. The molecule has 0 atom stereocenters. The minimum atomic E-state index is -3.80. The van der Waals surface area contributed by atoms with Crippen LogP contribution in [0.4, 0.5) is 5.69 Å². The molecule has 0 bridgehead atoms. The zero-order valence-electron chi connectivity index (χ0n) is 15.6. The molecule has 1 N–H and O–H groups in total. The van der Waals surface area contributed by atoms with Crippen LogP contribution in [0, 0.1) is 0 Å². The maximum atomic E-state index is 12.7. The molecule has 0 fully saturated rings. The van der Waals surface area contributed by atoms with E-state index < -0.39 is 10.0 Å². The molecule has 0 unspecified atom stereocenters. The van der Waals surface area contributed by atoms with E-state index in [0.29, 0.717) is 29.5 Å². The summed E-state index contributed by atoms with van der Waals surface area (Å²) in [6, 6.07) is 21.0. The van der Waals surface area contributed by atoms with E-state index in [4.69, 9.17) is 14.2 Å². The Morgan fingerprint density at radius 1 is 0.821 bits per heavy atom. The summed E-state index contributed by atoms with van der Waals surface area (Å²) >= 11 is 0. The van der Waals surface area contributed by atoms with Crippen molar-refractivity contribution in [2.75, 3.05) is 18.9 Å². The summed E-state index contributed by atoms with van der Waals surface area (Å²) in [5, 5.41) is 0. The molecular formula is C21H21NO5S. The van der Waals surface area contributed by atoms with E-state index in [1.807, 2.05) is 30.3 Å². The zero-order chi connectivity index (χ0) is 20.0. The van der Waals surface area contributed by atoms with E-state index in [-0.39, 0.29) is 4.90 Å². The molecule has 0 aromatic heterocycles. The van der Waals surface area contributed by atoms with Crippen LogP contribution in [0.2, 0.25) is 0 Å². The van der Waals surface area contributed by atoms with Gasteiger partial charge in [0.2, 0.25) is 0 Å². The summed E-state index contributed by atoms with van der Waals surface area (Å²) in [6.07, 6.45) is 0. The largest absolute Gasteiger partial charge is 0.493 e. The molecule has 7 heteroatoms. The Morgan fingerprint density at radius 2 is 1.57 bits per heavy atom. The standard InChI is InChI=1S/C21H21NO5S/c1-25-20-12-11-19(14-21(20)26-2)28(23,24)22-17-9-6-10-18(13-17)27-15-16-7-4-3-5-8-16/h3-14,22H,15H2,1-2H3. The predicted octanol–water partition coefficient (Wildman–Crippen LogP) is 4.08. The van der Waals surface area contributed by atoms with Gasteiger partial charge in [-0.2, -0.15) is 0 Å². The van der Waals surface area contributed by atoms with Crippen molar-refractivity contribution in [2.24, 2.45) is 0 Å². The van der Waals surface area contributed by atoms with Crippen LogP contribution in [-0.2, 0) is 16.6 Å². The number of sulfonamides is 1. The van der Waals surface area contributed by atoms with E-state index in [9.17, 15) is 8.42 Å². The minimum Gasteiger partial charge on any atom is -0.493 e. The average molecular weight is 399 g/mol. The Kier molecular flexibility index (Phi) is 6.06. The van der Waals surface area contributed by atoms with Crippen LogP contribution in [0.3, 0.4) is 0 Å². The van der Waals surface area contributed by atoms with Crippen molar-refractivity contribution in [2.45, 2.75) is 11.5 Å². The van der Waals surface area contributed by atoms with Crippen molar-refractivity contribution in [3.63, 3.8) is 0 Å². The molecular weight excluding hydrogens is 378 g/mol. The predicted molar refractivity (Wildman–Crippen MR) is 108 cm³/mol. The lowest BCUT2D eigenvalue weighted by Gasteiger charge is -2.12. The number of hydrogen-bond acceptors (Lipinski definition) is 5. The highest BCUT2D eigenvalue weighted by atomic mass is 32.2. The van der Waals surface area contributed by atoms with E-state index in [2.05, 4.69) is 4.72 Å². The summed E-state index contributed by atoms with van der Waals surface area (Å²) in [7, 11) is -0.851. The van der Waals surface area contributed by atoms with Crippen LogP contribution >= 0.6 is 0 Å². The van der Waals surface area contributed by atoms with Gasteiger partial charge >= 0.3 is 0 Å². The van der Waals surface area contributed by atoms with Crippen LogP contribution in [0.5, 0.6) is 17.2 Å². The number of nitrogens with one attached hydrogen (secondary N) is 1. The fraction of sp³-hybridized carbons (Fsp3) is 0.143. The van der Waals surface area contributed by atoms with E-state index in [0.717, 1.165) is 5.56 Å². The molecule has 0 spiro atoms. The lowest BCUT2D eigenvalue weighted by Crippen LogP contribution is -2.13. The first kappa shape index (κ1) is 19.6. The third kappa shape index (κ3) is 4.75. The van der Waals surface area contributed by atoms with Gasteiger partial charge in [0.1, 0.15) is 12.4 Å². The summed E-state index contributed by atoms with van der Waals surface area (Å²) in [4.78, 5) is 0.0701. The molecule has 3 aromatic rings. The highest BCUT2D eigenvalue weighted by Crippen LogP contribution is 2.30. The van der Waals surface area contributed by atoms with Gasteiger partial charge in [-0.05, 0) is 29.8 Å². The maximum Gasteiger partial charge on any atom is 0.262 e. The van der Waals surface area contributed by atoms with Gasteiger partial charge in [0, 0.05) is 12.1 Å². The fourth-order valence-electron chi connectivity index (χ4n) is 2.59. The SMILES string of the molecule is COc1ccc(S(=O)(=O)Nc2cccc(OCc3ccccc3)c2)cc1OC. The van der Waals surface area contributed by atoms with Crippen LogP contribution in [-0.4, -0.2) is 22.6 Å². The highest BCUT2D eigenvalue weighted by molar-refractivity contribution is 7.92. The van der Waals surface area contributed by atoms with Crippen molar-refractivity contribution in [1.29, 1.82) is 0 Å². The van der Waals surface area contributed by atoms with E-state index in [1.165, 1.54) is 26.4 Å². The number of rotatable bonds is 8. The normalized spacial score (nSPS) is 10.9. The first-order valence-electron chi connectivity index (χ1n) is 8.53. The number of hydrogen-bond donors (Lipinski definition) is 1. The van der Waals surface area contributed by atoms with Gasteiger partial charge in [-0.25, -0.2) is 8.42 Å². The molecule has 3 rings (SSSR count). The lowest BCUT2D eigenvalue weighted by atomic mass is 10.2. The van der Waals surface area contributed by atoms with Gasteiger partial charge in [-0.3, -0.25) is 4.72 Å². The second-order valence-corrected chi connectivity index (χ2v) is 7.61. The average Bonchev–Trinajstić information content (AvgIpc) is 2.72. The van der Waals surface area contributed by atoms with Crippen LogP contribution in [0.15, 0.2) is 77.7 Å². The Morgan fingerprint density at radius 3 is 2.29 bits per heavy atom. The van der Waals surface area contributed by atoms with Crippen LogP contribution in [0.1, 0.15) is 5.56 Å². The molecule has 0 aliphatic rings. The maximum absolute atomic E-state index is 12.7. The molecule has 0 amide bonds. The third-order valence-electron chi connectivity index (χ3n) is 4.00. The quantitative estimate of drug-likeness (QED) is 0.618. The van der Waals surface area contributed by atoms with Crippen molar-refractivity contribution >= 4 is 15.7 Å². The van der Waals surface area contributed by atoms with Crippen molar-refractivity contribution in [3.05, 3.63) is 78.4 Å². The fourth-order valence-corrected chi connectivity index (χ4v) is 3.65. The molecule has 6 nitrogen and oxygen atoms in total. The molecule has 146 valence electrons. The molecule has 0 saturated carbocycles. The number of methoxy groups -OCH3 is 2. The van der Waals surface area contributed by atoms with Gasteiger partial charge in [-0.1, -0.05) is 36.4 Å². The summed E-state index contributed by atoms with van der Waals surface area (Å²) in [5.74, 6) is 1.36. The topological polar surface area (TPSA) is 73.9 Å². The minimum absolute atomic E-state index is 0.0701. The molecule has 0 aliphatic carbocycles. The zero-order valence-corrected chi connectivity index (χ0v) is 16.4. The van der Waals surface area contributed by atoms with Crippen molar-refractivity contribution < 1.29 is 22.6 Å². The lowest BCUT2D eigenvalue weighted by molar-refractivity contribution is 0.306. The first-order valence-corrected chi connectivity index (χ1v) is 10.0. The number of anilines is 1. The Labute approximate surface area is 164 Å². The molecule has 0 aliphatic heterocycles. The van der Waals surface area contributed by atoms with Gasteiger partial charge in [0.15, 0.2) is 11.5 Å². The Balaban J connectivity index is 1.75. The van der Waals surface area contributed by atoms with Gasteiger partial charge in [0.05, 0.1) is 24.8 Å². The Hall–Kier alpha value is -3.19. The van der Waals surface area contributed by atoms with E-state index >= 15 is 0 Å². The second-order valence-electron chi connectivity index (χ2n) is 5.92.